The molecule has 3 N–H and O–H groups in total. The maximum Gasteiger partial charge on any atom is 0.258 e. The Bertz CT molecular complexity index is 845. The molecular weight excluding hydrogens is 421 g/mol. The molecule has 4 fully saturated rings. The van der Waals surface area contributed by atoms with E-state index in [2.05, 4.69) is 29.8 Å². The fourth-order valence-electron chi connectivity index (χ4n) is 5.55. The van der Waals surface area contributed by atoms with Gasteiger partial charge in [-0.05, 0) is 57.1 Å². The number of hydrogen-bond donors (Lipinski definition) is 3. The predicted molar refractivity (Wildman–Crippen MR) is 116 cm³/mol. The van der Waals surface area contributed by atoms with Gasteiger partial charge in [0.15, 0.2) is 6.61 Å². The molecule has 0 aromatic heterocycles. The van der Waals surface area contributed by atoms with Gasteiger partial charge in [0.25, 0.3) is 5.91 Å². The predicted octanol–water partition coefficient (Wildman–Crippen LogP) is 3.18. The summed E-state index contributed by atoms with van der Waals surface area (Å²) in [6, 6.07) is 4.54. The van der Waals surface area contributed by atoms with Crippen molar-refractivity contribution in [3.8, 4) is 5.75 Å². The number of halogens is 2. The van der Waals surface area contributed by atoms with Crippen molar-refractivity contribution in [2.45, 2.75) is 69.5 Å². The van der Waals surface area contributed by atoms with E-state index in [-0.39, 0.29) is 46.2 Å². The van der Waals surface area contributed by atoms with Gasteiger partial charge < -0.3 is 20.7 Å². The summed E-state index contributed by atoms with van der Waals surface area (Å²) in [5.74, 6) is 0.120. The molecule has 1 aromatic rings. The minimum absolute atomic E-state index is 0.0115. The van der Waals surface area contributed by atoms with Crippen LogP contribution in [0.15, 0.2) is 18.2 Å². The topological polar surface area (TPSA) is 79.5 Å². The minimum atomic E-state index is -0.583. The van der Waals surface area contributed by atoms with Gasteiger partial charge in [-0.15, -0.1) is 0 Å². The Kier molecular flexibility index (Phi) is 6.19. The molecule has 4 aliphatic rings. The van der Waals surface area contributed by atoms with E-state index in [1.54, 1.807) is 0 Å². The SMILES string of the molecule is CCCC1CC(C(=O)NC23CC(NC(=O)COc4ccc(Cl)c(F)c4)(C2)C3)CNC1C. The molecule has 31 heavy (non-hydrogen) atoms. The lowest BCUT2D eigenvalue weighted by atomic mass is 9.44. The van der Waals surface area contributed by atoms with Crippen LogP contribution >= 0.6 is 11.6 Å². The monoisotopic (exact) mass is 451 g/mol. The van der Waals surface area contributed by atoms with Crippen LogP contribution in [0.5, 0.6) is 5.75 Å². The Labute approximate surface area is 187 Å². The molecule has 3 unspecified atom stereocenters. The smallest absolute Gasteiger partial charge is 0.258 e. The number of ether oxygens (including phenoxy) is 1. The van der Waals surface area contributed by atoms with Gasteiger partial charge in [-0.1, -0.05) is 24.9 Å². The molecule has 6 nitrogen and oxygen atoms in total. The Morgan fingerprint density at radius 3 is 2.65 bits per heavy atom. The number of carbonyl (C=O) groups is 2. The number of hydrogen-bond acceptors (Lipinski definition) is 4. The third-order valence-electron chi connectivity index (χ3n) is 7.10. The highest BCUT2D eigenvalue weighted by atomic mass is 35.5. The molecule has 1 aromatic carbocycles. The summed E-state index contributed by atoms with van der Waals surface area (Å²) in [6.07, 6.45) is 5.47. The average molecular weight is 452 g/mol. The highest BCUT2D eigenvalue weighted by Gasteiger charge is 2.69. The van der Waals surface area contributed by atoms with Crippen LogP contribution in [-0.2, 0) is 9.59 Å². The van der Waals surface area contributed by atoms with Gasteiger partial charge in [0.05, 0.1) is 10.9 Å². The van der Waals surface area contributed by atoms with Crippen molar-refractivity contribution in [1.82, 2.24) is 16.0 Å². The van der Waals surface area contributed by atoms with Gasteiger partial charge in [0.2, 0.25) is 5.91 Å². The first-order valence-electron chi connectivity index (χ1n) is 11.2. The molecule has 1 aliphatic heterocycles. The molecule has 2 bridgehead atoms. The highest BCUT2D eigenvalue weighted by molar-refractivity contribution is 6.30. The van der Waals surface area contributed by atoms with E-state index < -0.39 is 5.82 Å². The van der Waals surface area contributed by atoms with E-state index in [1.165, 1.54) is 12.1 Å². The molecular formula is C23H31ClFN3O3. The minimum Gasteiger partial charge on any atom is -0.484 e. The summed E-state index contributed by atoms with van der Waals surface area (Å²) in [6.45, 7) is 4.93. The van der Waals surface area contributed by atoms with Crippen LogP contribution in [0.1, 0.15) is 52.4 Å². The Hall–Kier alpha value is -1.86. The van der Waals surface area contributed by atoms with Crippen molar-refractivity contribution >= 4 is 23.4 Å². The first-order chi connectivity index (χ1) is 14.7. The van der Waals surface area contributed by atoms with E-state index in [1.807, 2.05) is 0 Å². The van der Waals surface area contributed by atoms with Gasteiger partial charge in [0.1, 0.15) is 11.6 Å². The molecule has 5 rings (SSSR count). The van der Waals surface area contributed by atoms with Gasteiger partial charge in [0, 0.05) is 29.7 Å². The zero-order valence-corrected chi connectivity index (χ0v) is 18.9. The van der Waals surface area contributed by atoms with Crippen LogP contribution in [0.4, 0.5) is 4.39 Å². The Morgan fingerprint density at radius 2 is 1.97 bits per heavy atom. The molecule has 170 valence electrons. The van der Waals surface area contributed by atoms with Crippen molar-refractivity contribution in [1.29, 1.82) is 0 Å². The fraction of sp³-hybridized carbons (Fsp3) is 0.652. The van der Waals surface area contributed by atoms with Crippen molar-refractivity contribution in [3.05, 3.63) is 29.0 Å². The van der Waals surface area contributed by atoms with E-state index in [9.17, 15) is 14.0 Å². The number of amides is 2. The second-order valence-electron chi connectivity index (χ2n) is 9.67. The maximum atomic E-state index is 13.5. The van der Waals surface area contributed by atoms with Crippen LogP contribution < -0.4 is 20.7 Å². The molecule has 1 saturated heterocycles. The first kappa shape index (κ1) is 22.3. The molecule has 8 heteroatoms. The quantitative estimate of drug-likeness (QED) is 0.567. The lowest BCUT2D eigenvalue weighted by molar-refractivity contribution is -0.153. The lowest BCUT2D eigenvalue weighted by Crippen LogP contribution is -2.84. The lowest BCUT2D eigenvalue weighted by Gasteiger charge is -2.70. The Morgan fingerprint density at radius 1 is 1.26 bits per heavy atom. The number of piperidine rings is 1. The fourth-order valence-corrected chi connectivity index (χ4v) is 5.67. The van der Waals surface area contributed by atoms with Gasteiger partial charge >= 0.3 is 0 Å². The number of carbonyl (C=O) groups excluding carboxylic acids is 2. The van der Waals surface area contributed by atoms with Crippen LogP contribution in [0.25, 0.3) is 0 Å². The van der Waals surface area contributed by atoms with E-state index in [4.69, 9.17) is 16.3 Å². The molecule has 3 atom stereocenters. The third-order valence-corrected chi connectivity index (χ3v) is 7.40. The van der Waals surface area contributed by atoms with Crippen LogP contribution in [-0.4, -0.2) is 42.1 Å². The van der Waals surface area contributed by atoms with E-state index in [0.717, 1.165) is 51.1 Å². The maximum absolute atomic E-state index is 13.5. The van der Waals surface area contributed by atoms with Crippen LogP contribution in [0.3, 0.4) is 0 Å². The molecule has 1 heterocycles. The zero-order chi connectivity index (χ0) is 22.2. The first-order valence-corrected chi connectivity index (χ1v) is 11.6. The summed E-state index contributed by atoms with van der Waals surface area (Å²) in [5.41, 5.74) is -0.420. The summed E-state index contributed by atoms with van der Waals surface area (Å²) >= 11 is 5.64. The normalized spacial score (nSPS) is 33.6. The van der Waals surface area contributed by atoms with Gasteiger partial charge in [-0.2, -0.15) is 0 Å². The van der Waals surface area contributed by atoms with Crippen molar-refractivity contribution in [2.24, 2.45) is 11.8 Å². The molecule has 3 saturated carbocycles. The van der Waals surface area contributed by atoms with Crippen molar-refractivity contribution in [3.63, 3.8) is 0 Å². The largest absolute Gasteiger partial charge is 0.484 e. The number of rotatable bonds is 8. The molecule has 2 amide bonds. The van der Waals surface area contributed by atoms with Crippen LogP contribution in [0, 0.1) is 17.7 Å². The second-order valence-corrected chi connectivity index (χ2v) is 10.1. The second kappa shape index (κ2) is 8.58. The standard InChI is InChI=1S/C23H31ClFN3O3/c1-3-4-15-7-16(9-26-14(15)2)21(30)28-23-11-22(12-23,13-23)27-20(29)10-31-17-5-6-18(24)19(25)8-17/h5-6,8,14-16,26H,3-4,7,9-13H2,1-2H3,(H,27,29)(H,28,30). The zero-order valence-electron chi connectivity index (χ0n) is 18.1. The summed E-state index contributed by atoms with van der Waals surface area (Å²) < 4.78 is 18.8. The molecule has 0 radical (unpaired) electrons. The average Bonchev–Trinajstić information content (AvgIpc) is 2.68. The summed E-state index contributed by atoms with van der Waals surface area (Å²) in [5, 5.41) is 9.77. The van der Waals surface area contributed by atoms with Crippen LogP contribution in [0.2, 0.25) is 5.02 Å². The van der Waals surface area contributed by atoms with E-state index >= 15 is 0 Å². The number of nitrogens with one attached hydrogen (secondary N) is 3. The summed E-state index contributed by atoms with van der Waals surface area (Å²) in [7, 11) is 0. The third kappa shape index (κ3) is 4.67. The van der Waals surface area contributed by atoms with Gasteiger partial charge in [-0.3, -0.25) is 9.59 Å². The molecule has 0 spiro atoms. The Balaban J connectivity index is 1.20. The van der Waals surface area contributed by atoms with Gasteiger partial charge in [-0.25, -0.2) is 4.39 Å². The summed E-state index contributed by atoms with van der Waals surface area (Å²) in [4.78, 5) is 25.1. The van der Waals surface area contributed by atoms with Crippen molar-refractivity contribution in [2.75, 3.05) is 13.2 Å². The molecule has 3 aliphatic carbocycles. The number of benzene rings is 1. The van der Waals surface area contributed by atoms with Crippen molar-refractivity contribution < 1.29 is 18.7 Å². The highest BCUT2D eigenvalue weighted by Crippen LogP contribution is 2.60. The van der Waals surface area contributed by atoms with E-state index in [0.29, 0.717) is 12.0 Å².